The largest absolute Gasteiger partial charge is 0.504 e. The van der Waals surface area contributed by atoms with Crippen LogP contribution < -0.4 is 20.5 Å². The molecule has 0 radical (unpaired) electrons. The minimum Gasteiger partial charge on any atom is -0.504 e. The highest BCUT2D eigenvalue weighted by molar-refractivity contribution is 7.90. The van der Waals surface area contributed by atoms with E-state index in [0.29, 0.717) is 35.3 Å². The molecule has 0 unspecified atom stereocenters. The van der Waals surface area contributed by atoms with Crippen LogP contribution in [0.3, 0.4) is 0 Å². The van der Waals surface area contributed by atoms with Gasteiger partial charge in [0.2, 0.25) is 15.9 Å². The normalized spacial score (nSPS) is 33.5. The van der Waals surface area contributed by atoms with Crippen molar-refractivity contribution in [3.63, 3.8) is 0 Å². The number of rotatable bonds is 6. The Kier molecular flexibility index (Phi) is 7.86. The number of nitrogens with zero attached hydrogens (tertiary/aromatic N) is 2. The van der Waals surface area contributed by atoms with E-state index in [1.54, 1.807) is 31.2 Å². The number of carbonyl (C=O) groups excluding carboxylic acids is 3. The highest BCUT2D eigenvalue weighted by Gasteiger charge is 2.73. The third kappa shape index (κ3) is 4.73. The summed E-state index contributed by atoms with van der Waals surface area (Å²) >= 11 is 0. The lowest BCUT2D eigenvalue weighted by atomic mass is 9.69. The number of benzene rings is 2. The highest BCUT2D eigenvalue weighted by Crippen LogP contribution is 2.70. The second-order valence-corrected chi connectivity index (χ2v) is 16.6. The van der Waals surface area contributed by atoms with Crippen molar-refractivity contribution in [2.75, 3.05) is 20.0 Å². The number of fused-ring (bicyclic) bond motifs is 2. The van der Waals surface area contributed by atoms with Crippen LogP contribution in [0.1, 0.15) is 62.3 Å². The molecule has 14 heteroatoms. The smallest absolute Gasteiger partial charge is 0.411 e. The number of nitrogens with one attached hydrogen (secondary N) is 1. The molecule has 7 rings (SSSR count). The van der Waals surface area contributed by atoms with Crippen LogP contribution in [0.4, 0.5) is 4.79 Å². The van der Waals surface area contributed by atoms with E-state index in [1.165, 1.54) is 25.2 Å². The minimum atomic E-state index is -4.02. The lowest BCUT2D eigenvalue weighted by Gasteiger charge is -2.42. The van der Waals surface area contributed by atoms with Crippen molar-refractivity contribution in [1.29, 1.82) is 0 Å². The maximum absolute atomic E-state index is 14.7. The first-order chi connectivity index (χ1) is 23.2. The van der Waals surface area contributed by atoms with Gasteiger partial charge in [-0.05, 0) is 55.6 Å². The zero-order valence-corrected chi connectivity index (χ0v) is 29.2. The maximum Gasteiger partial charge on any atom is 0.411 e. The number of methoxy groups -OCH3 is 2. The molecule has 13 nitrogen and oxygen atoms in total. The summed E-state index contributed by atoms with van der Waals surface area (Å²) in [5.74, 6) is -1.65. The summed E-state index contributed by atoms with van der Waals surface area (Å²) in [6.45, 7) is 5.78. The molecule has 8 atom stereocenters. The SMILES string of the molecule is COc1c(O)cc([C@H]2NC(=O)[C@H]3C[C@@H](C(=O)N4[C@@H]5C[C@H]6CC[C@]5(CS4(=O)=O)C6(C)C)N(C(=O)OCc4ccccc4)[C@H]3[C@H]2N)c(OC)c1C. The van der Waals surface area contributed by atoms with Gasteiger partial charge < -0.3 is 30.4 Å². The zero-order valence-electron chi connectivity index (χ0n) is 28.3. The van der Waals surface area contributed by atoms with Crippen molar-refractivity contribution >= 4 is 27.9 Å². The van der Waals surface area contributed by atoms with Gasteiger partial charge in [0.05, 0.1) is 50.1 Å². The van der Waals surface area contributed by atoms with E-state index >= 15 is 0 Å². The average Bonchev–Trinajstić information content (AvgIpc) is 3.72. The van der Waals surface area contributed by atoms with Crippen molar-refractivity contribution in [3.8, 4) is 17.2 Å². The lowest BCUT2D eigenvalue weighted by molar-refractivity contribution is -0.134. The predicted molar refractivity (Wildman–Crippen MR) is 177 cm³/mol. The molecular formula is C35H44N4O9S. The molecule has 2 bridgehead atoms. The first-order valence-corrected chi connectivity index (χ1v) is 18.3. The maximum atomic E-state index is 14.7. The van der Waals surface area contributed by atoms with E-state index in [4.69, 9.17) is 19.9 Å². The van der Waals surface area contributed by atoms with E-state index in [2.05, 4.69) is 19.2 Å². The van der Waals surface area contributed by atoms with Crippen LogP contribution in [0, 0.1) is 29.6 Å². The Hall–Kier alpha value is -4.04. The van der Waals surface area contributed by atoms with Crippen LogP contribution in [-0.4, -0.2) is 84.8 Å². The van der Waals surface area contributed by atoms with Crippen molar-refractivity contribution in [2.45, 2.75) is 83.3 Å². The van der Waals surface area contributed by atoms with Crippen LogP contribution in [-0.2, 0) is 31.0 Å². The molecule has 2 aromatic carbocycles. The molecule has 49 heavy (non-hydrogen) atoms. The van der Waals surface area contributed by atoms with Gasteiger partial charge in [-0.2, -0.15) is 0 Å². The zero-order chi connectivity index (χ0) is 35.2. The number of phenolic OH excluding ortho intramolecular Hbond substituents is 1. The summed E-state index contributed by atoms with van der Waals surface area (Å²) in [6, 6.07) is 5.58. The molecule has 0 aromatic heterocycles. The Labute approximate surface area is 286 Å². The highest BCUT2D eigenvalue weighted by atomic mass is 32.2. The van der Waals surface area contributed by atoms with Crippen molar-refractivity contribution in [2.24, 2.45) is 28.4 Å². The number of aromatic hydroxyl groups is 1. The topological polar surface area (TPSA) is 178 Å². The van der Waals surface area contributed by atoms with Gasteiger partial charge in [0.15, 0.2) is 11.5 Å². The van der Waals surface area contributed by atoms with E-state index in [0.717, 1.165) is 10.7 Å². The van der Waals surface area contributed by atoms with Gasteiger partial charge in [-0.3, -0.25) is 14.5 Å². The molecular weight excluding hydrogens is 652 g/mol. The van der Waals surface area contributed by atoms with Crippen molar-refractivity contribution < 1.29 is 42.1 Å². The monoisotopic (exact) mass is 696 g/mol. The van der Waals surface area contributed by atoms with Crippen LogP contribution in [0.2, 0.25) is 0 Å². The minimum absolute atomic E-state index is 0.109. The molecule has 3 saturated heterocycles. The first-order valence-electron chi connectivity index (χ1n) is 16.7. The van der Waals surface area contributed by atoms with Gasteiger partial charge in [0, 0.05) is 16.5 Å². The van der Waals surface area contributed by atoms with Crippen LogP contribution in [0.15, 0.2) is 36.4 Å². The standard InChI is InChI=1S/C35H44N4O9S/c1-18-29(46-4)21(15-24(40)30(18)47-5)27-26(36)28-22(31(41)37-27)14-23(38(28)33(43)48-16-19-9-7-6-8-10-19)32(42)39-25-13-20-11-12-35(25,34(20,2)3)17-49(39,44)45/h6-10,15,20,22-23,25-28,40H,11-14,16-17,36H2,1-5H3,(H,37,41)/t20-,22+,23+,25-,26+,27-,28-,35-/m1/s1. The summed E-state index contributed by atoms with van der Waals surface area (Å²) in [5, 5.41) is 13.7. The summed E-state index contributed by atoms with van der Waals surface area (Å²) in [7, 11) is -1.17. The van der Waals surface area contributed by atoms with Crippen LogP contribution in [0.25, 0.3) is 0 Å². The fourth-order valence-electron chi connectivity index (χ4n) is 9.99. The second-order valence-electron chi connectivity index (χ2n) is 14.8. The second kappa shape index (κ2) is 11.5. The predicted octanol–water partition coefficient (Wildman–Crippen LogP) is 2.98. The number of phenols is 1. The molecule has 3 aliphatic heterocycles. The Morgan fingerprint density at radius 3 is 2.45 bits per heavy atom. The first kappa shape index (κ1) is 33.5. The number of carbonyl (C=O) groups is 3. The van der Waals surface area contributed by atoms with Gasteiger partial charge in [-0.25, -0.2) is 17.5 Å². The van der Waals surface area contributed by atoms with E-state index in [9.17, 15) is 27.9 Å². The average molecular weight is 697 g/mol. The summed E-state index contributed by atoms with van der Waals surface area (Å²) < 4.78 is 45.7. The fourth-order valence-corrected chi connectivity index (χ4v) is 12.6. The van der Waals surface area contributed by atoms with Gasteiger partial charge in [-0.15, -0.1) is 0 Å². The van der Waals surface area contributed by atoms with Crippen LogP contribution in [0.5, 0.6) is 17.2 Å². The Morgan fingerprint density at radius 2 is 1.80 bits per heavy atom. The molecule has 5 aliphatic rings. The van der Waals surface area contributed by atoms with Gasteiger partial charge in [0.25, 0.3) is 5.91 Å². The van der Waals surface area contributed by atoms with Crippen LogP contribution >= 0.6 is 0 Å². The Balaban J connectivity index is 1.27. The van der Waals surface area contributed by atoms with Gasteiger partial charge >= 0.3 is 6.09 Å². The van der Waals surface area contributed by atoms with Crippen molar-refractivity contribution in [3.05, 3.63) is 53.1 Å². The number of sulfonamides is 1. The molecule has 5 fully saturated rings. The molecule has 3 heterocycles. The summed E-state index contributed by atoms with van der Waals surface area (Å²) in [6.07, 6.45) is 1.19. The molecule has 3 amide bonds. The fraction of sp³-hybridized carbons (Fsp3) is 0.571. The Morgan fingerprint density at radius 1 is 1.10 bits per heavy atom. The third-order valence-electron chi connectivity index (χ3n) is 12.5. The molecule has 2 aromatic rings. The van der Waals surface area contributed by atoms with E-state index < -0.39 is 69.5 Å². The number of hydrogen-bond donors (Lipinski definition) is 3. The number of likely N-dealkylation sites (tertiary alicyclic amines) is 1. The molecule has 2 aliphatic carbocycles. The summed E-state index contributed by atoms with van der Waals surface area (Å²) in [5.41, 5.74) is 7.66. The quantitative estimate of drug-likeness (QED) is 0.407. The van der Waals surface area contributed by atoms with Crippen molar-refractivity contribution in [1.82, 2.24) is 14.5 Å². The molecule has 2 saturated carbocycles. The Bertz CT molecular complexity index is 1820. The third-order valence-corrected chi connectivity index (χ3v) is 14.4. The number of ether oxygens (including phenoxy) is 3. The molecule has 4 N–H and O–H groups in total. The summed E-state index contributed by atoms with van der Waals surface area (Å²) in [4.78, 5) is 44.0. The van der Waals surface area contributed by atoms with Gasteiger partial charge in [0.1, 0.15) is 18.4 Å². The lowest BCUT2D eigenvalue weighted by Crippen LogP contribution is -2.63. The molecule has 1 spiro atoms. The number of amides is 3. The number of hydrogen-bond acceptors (Lipinski definition) is 10. The van der Waals surface area contributed by atoms with E-state index in [1.807, 2.05) is 6.07 Å². The van der Waals surface area contributed by atoms with E-state index in [-0.39, 0.29) is 41.6 Å². The van der Waals surface area contributed by atoms with Gasteiger partial charge in [-0.1, -0.05) is 44.2 Å². The molecule has 264 valence electrons. The number of piperidine rings is 1. The number of nitrogens with two attached hydrogens (primary N) is 1.